The lowest BCUT2D eigenvalue weighted by molar-refractivity contribution is 0.0598. The average molecular weight is 244 g/mol. The summed E-state index contributed by atoms with van der Waals surface area (Å²) >= 11 is 0. The summed E-state index contributed by atoms with van der Waals surface area (Å²) in [7, 11) is 1.30. The second-order valence-electron chi connectivity index (χ2n) is 3.54. The Balaban J connectivity index is 2.35. The van der Waals surface area contributed by atoms with Crippen molar-refractivity contribution in [1.82, 2.24) is 4.98 Å². The predicted molar refractivity (Wildman–Crippen MR) is 66.5 cm³/mol. The van der Waals surface area contributed by atoms with Crippen LogP contribution in [-0.2, 0) is 4.74 Å². The van der Waals surface area contributed by atoms with Crippen LogP contribution < -0.4 is 10.5 Å². The van der Waals surface area contributed by atoms with Gasteiger partial charge in [-0.3, -0.25) is 4.98 Å². The van der Waals surface area contributed by atoms with Gasteiger partial charge >= 0.3 is 5.97 Å². The summed E-state index contributed by atoms with van der Waals surface area (Å²) in [5.74, 6) is 0.415. The van der Waals surface area contributed by atoms with Gasteiger partial charge in [-0.25, -0.2) is 4.79 Å². The van der Waals surface area contributed by atoms with Crippen molar-refractivity contribution in [2.24, 2.45) is 0 Å². The molecule has 92 valence electrons. The highest BCUT2D eigenvalue weighted by Crippen LogP contribution is 2.27. The van der Waals surface area contributed by atoms with Crippen molar-refractivity contribution in [1.29, 1.82) is 0 Å². The number of benzene rings is 1. The number of pyridine rings is 1. The smallest absolute Gasteiger partial charge is 0.341 e. The first-order chi connectivity index (χ1) is 8.70. The first-order valence-electron chi connectivity index (χ1n) is 5.26. The molecule has 0 amide bonds. The number of carbonyl (C=O) groups excluding carboxylic acids is 1. The Bertz CT molecular complexity index is 555. The van der Waals surface area contributed by atoms with Gasteiger partial charge in [0.15, 0.2) is 0 Å². The quantitative estimate of drug-likeness (QED) is 0.662. The topological polar surface area (TPSA) is 74.4 Å². The van der Waals surface area contributed by atoms with Crippen molar-refractivity contribution < 1.29 is 14.3 Å². The maximum absolute atomic E-state index is 11.6. The molecule has 1 heterocycles. The zero-order chi connectivity index (χ0) is 13.0. The molecule has 1 aromatic heterocycles. The van der Waals surface area contributed by atoms with E-state index in [9.17, 15) is 4.79 Å². The Morgan fingerprint density at radius 2 is 2.17 bits per heavy atom. The van der Waals surface area contributed by atoms with E-state index in [1.165, 1.54) is 13.2 Å². The molecule has 0 saturated heterocycles. The van der Waals surface area contributed by atoms with Gasteiger partial charge in [0, 0.05) is 11.9 Å². The molecule has 0 bridgehead atoms. The maximum atomic E-state index is 11.6. The van der Waals surface area contributed by atoms with Crippen molar-refractivity contribution >= 4 is 11.7 Å². The number of rotatable bonds is 3. The van der Waals surface area contributed by atoms with Gasteiger partial charge < -0.3 is 15.2 Å². The molecule has 0 saturated carbocycles. The maximum Gasteiger partial charge on any atom is 0.341 e. The van der Waals surface area contributed by atoms with Crippen LogP contribution in [0.3, 0.4) is 0 Å². The van der Waals surface area contributed by atoms with Crippen molar-refractivity contribution in [3.8, 4) is 11.5 Å². The molecular formula is C13H12N2O3. The molecule has 0 fully saturated rings. The Morgan fingerprint density at radius 3 is 2.83 bits per heavy atom. The standard InChI is InChI=1S/C13H12N2O3/c1-17-13(16)11-7-9(14)4-5-12(11)18-10-3-2-6-15-8-10/h2-8H,14H2,1H3. The molecule has 0 spiro atoms. The normalized spacial score (nSPS) is 9.83. The molecule has 0 atom stereocenters. The Kier molecular flexibility index (Phi) is 3.43. The largest absolute Gasteiger partial charge is 0.465 e. The highest BCUT2D eigenvalue weighted by molar-refractivity contribution is 5.93. The van der Waals surface area contributed by atoms with E-state index >= 15 is 0 Å². The third-order valence-electron chi connectivity index (χ3n) is 2.27. The van der Waals surface area contributed by atoms with E-state index in [4.69, 9.17) is 10.5 Å². The minimum Gasteiger partial charge on any atom is -0.465 e. The Labute approximate surface area is 104 Å². The average Bonchev–Trinajstić information content (AvgIpc) is 2.41. The Morgan fingerprint density at radius 1 is 1.33 bits per heavy atom. The molecule has 0 unspecified atom stereocenters. The van der Waals surface area contributed by atoms with Crippen molar-refractivity contribution in [3.63, 3.8) is 0 Å². The van der Waals surface area contributed by atoms with Crippen LogP contribution >= 0.6 is 0 Å². The number of nitrogens with two attached hydrogens (primary N) is 1. The second kappa shape index (κ2) is 5.18. The lowest BCUT2D eigenvalue weighted by Gasteiger charge is -2.10. The predicted octanol–water partition coefficient (Wildman–Crippen LogP) is 2.24. The fourth-order valence-corrected chi connectivity index (χ4v) is 1.44. The fraction of sp³-hybridized carbons (Fsp3) is 0.0769. The second-order valence-corrected chi connectivity index (χ2v) is 3.54. The van der Waals surface area contributed by atoms with Gasteiger partial charge in [0.2, 0.25) is 0 Å². The minimum atomic E-state index is -0.499. The van der Waals surface area contributed by atoms with Crippen LogP contribution in [-0.4, -0.2) is 18.1 Å². The van der Waals surface area contributed by atoms with Crippen molar-refractivity contribution in [2.45, 2.75) is 0 Å². The number of anilines is 1. The number of hydrogen-bond acceptors (Lipinski definition) is 5. The van der Waals surface area contributed by atoms with E-state index in [0.717, 1.165) is 0 Å². The zero-order valence-corrected chi connectivity index (χ0v) is 9.79. The third-order valence-corrected chi connectivity index (χ3v) is 2.27. The van der Waals surface area contributed by atoms with E-state index in [0.29, 0.717) is 17.2 Å². The fourth-order valence-electron chi connectivity index (χ4n) is 1.44. The van der Waals surface area contributed by atoms with Gasteiger partial charge in [-0.05, 0) is 30.3 Å². The number of aromatic nitrogens is 1. The molecule has 18 heavy (non-hydrogen) atoms. The highest BCUT2D eigenvalue weighted by Gasteiger charge is 2.14. The molecule has 2 N–H and O–H groups in total. The van der Waals surface area contributed by atoms with Crippen LogP contribution in [0.25, 0.3) is 0 Å². The number of nitrogens with zero attached hydrogens (tertiary/aromatic N) is 1. The van der Waals surface area contributed by atoms with Crippen LogP contribution in [0.15, 0.2) is 42.7 Å². The van der Waals surface area contributed by atoms with Gasteiger partial charge in [-0.15, -0.1) is 0 Å². The summed E-state index contributed by atoms with van der Waals surface area (Å²) < 4.78 is 10.2. The number of methoxy groups -OCH3 is 1. The third kappa shape index (κ3) is 2.57. The molecule has 2 aromatic rings. The van der Waals surface area contributed by atoms with Crippen LogP contribution in [0.1, 0.15) is 10.4 Å². The van der Waals surface area contributed by atoms with Gasteiger partial charge in [0.1, 0.15) is 17.1 Å². The van der Waals surface area contributed by atoms with E-state index in [1.54, 1.807) is 36.7 Å². The summed E-state index contributed by atoms with van der Waals surface area (Å²) in [5.41, 5.74) is 6.38. The molecule has 0 aliphatic carbocycles. The van der Waals surface area contributed by atoms with Crippen LogP contribution in [0.5, 0.6) is 11.5 Å². The molecule has 0 aliphatic rings. The monoisotopic (exact) mass is 244 g/mol. The van der Waals surface area contributed by atoms with Gasteiger partial charge in [-0.2, -0.15) is 0 Å². The summed E-state index contributed by atoms with van der Waals surface area (Å²) in [6.45, 7) is 0. The summed E-state index contributed by atoms with van der Waals surface area (Å²) in [6.07, 6.45) is 3.19. The molecule has 5 heteroatoms. The summed E-state index contributed by atoms with van der Waals surface area (Å²) in [6, 6.07) is 8.26. The van der Waals surface area contributed by atoms with Crippen LogP contribution in [0.4, 0.5) is 5.69 Å². The molecular weight excluding hydrogens is 232 g/mol. The first-order valence-corrected chi connectivity index (χ1v) is 5.26. The number of nitrogen functional groups attached to an aromatic ring is 1. The van der Waals surface area contributed by atoms with E-state index in [1.807, 2.05) is 0 Å². The van der Waals surface area contributed by atoms with Gasteiger partial charge in [0.05, 0.1) is 13.3 Å². The van der Waals surface area contributed by atoms with Crippen LogP contribution in [0.2, 0.25) is 0 Å². The molecule has 2 rings (SSSR count). The lowest BCUT2D eigenvalue weighted by atomic mass is 10.2. The van der Waals surface area contributed by atoms with Gasteiger partial charge in [-0.1, -0.05) is 0 Å². The first kappa shape index (κ1) is 11.9. The molecule has 1 aromatic carbocycles. The molecule has 0 radical (unpaired) electrons. The number of esters is 1. The lowest BCUT2D eigenvalue weighted by Crippen LogP contribution is -2.04. The van der Waals surface area contributed by atoms with Gasteiger partial charge in [0.25, 0.3) is 0 Å². The SMILES string of the molecule is COC(=O)c1cc(N)ccc1Oc1cccnc1. The van der Waals surface area contributed by atoms with Crippen molar-refractivity contribution in [3.05, 3.63) is 48.3 Å². The summed E-state index contributed by atoms with van der Waals surface area (Å²) in [5, 5.41) is 0. The van der Waals surface area contributed by atoms with E-state index in [2.05, 4.69) is 9.72 Å². The minimum absolute atomic E-state index is 0.279. The van der Waals surface area contributed by atoms with E-state index in [-0.39, 0.29) is 5.56 Å². The van der Waals surface area contributed by atoms with Crippen molar-refractivity contribution in [2.75, 3.05) is 12.8 Å². The number of ether oxygens (including phenoxy) is 2. The zero-order valence-electron chi connectivity index (χ0n) is 9.79. The highest BCUT2D eigenvalue weighted by atomic mass is 16.5. The summed E-state index contributed by atoms with van der Waals surface area (Å²) in [4.78, 5) is 15.5. The Hall–Kier alpha value is -2.56. The molecule has 5 nitrogen and oxygen atoms in total. The van der Waals surface area contributed by atoms with E-state index < -0.39 is 5.97 Å². The molecule has 0 aliphatic heterocycles. The van der Waals surface area contributed by atoms with Crippen LogP contribution in [0, 0.1) is 0 Å². The number of carbonyl (C=O) groups is 1. The number of hydrogen-bond donors (Lipinski definition) is 1.